The van der Waals surface area contributed by atoms with Gasteiger partial charge in [-0.05, 0) is 36.4 Å². The van der Waals surface area contributed by atoms with Gasteiger partial charge in [-0.1, -0.05) is 54.6 Å². The van der Waals surface area contributed by atoms with Gasteiger partial charge in [-0.15, -0.1) is 0 Å². The lowest BCUT2D eigenvalue weighted by Crippen LogP contribution is -2.61. The van der Waals surface area contributed by atoms with Gasteiger partial charge in [0.05, 0.1) is 16.7 Å². The molecule has 9 heteroatoms. The van der Waals surface area contributed by atoms with Crippen molar-refractivity contribution in [2.75, 3.05) is 6.61 Å². The summed E-state index contributed by atoms with van der Waals surface area (Å²) in [5, 5.41) is 20.9. The van der Waals surface area contributed by atoms with Gasteiger partial charge in [0.15, 0.2) is 18.5 Å². The van der Waals surface area contributed by atoms with E-state index in [2.05, 4.69) is 0 Å². The van der Waals surface area contributed by atoms with E-state index in [1.807, 2.05) is 0 Å². The summed E-state index contributed by atoms with van der Waals surface area (Å²) in [6.07, 6.45) is -7.72. The number of carbonyl (C=O) groups excluding carboxylic acids is 3. The lowest BCUT2D eigenvalue weighted by molar-refractivity contribution is -0.285. The van der Waals surface area contributed by atoms with Crippen LogP contribution in [0.5, 0.6) is 0 Å². The number of carbonyl (C=O) groups is 3. The topological polar surface area (TPSA) is 129 Å². The molecule has 0 unspecified atom stereocenters. The Labute approximate surface area is 206 Å². The first-order valence-corrected chi connectivity index (χ1v) is 11.2. The highest BCUT2D eigenvalue weighted by atomic mass is 16.7. The standard InChI is InChI=1S/C27H24O9/c28-21-23(36-26(31)19-14-8-3-9-15-19)22(35-25(30)18-12-6-2-7-13-18)20(34-27(21)32)16-33-24(29)17-10-4-1-5-11-17/h1-15,20-23,27-28,32H,16H2/t20-,21-,22-,23-,27-/m1/s1. The van der Waals surface area contributed by atoms with Gasteiger partial charge in [0.2, 0.25) is 0 Å². The van der Waals surface area contributed by atoms with Crippen LogP contribution in [0.3, 0.4) is 0 Å². The van der Waals surface area contributed by atoms with E-state index in [-0.39, 0.29) is 16.7 Å². The molecule has 186 valence electrons. The summed E-state index contributed by atoms with van der Waals surface area (Å²) in [6, 6.07) is 24.2. The number of esters is 3. The molecular weight excluding hydrogens is 468 g/mol. The Bertz CT molecular complexity index is 1170. The highest BCUT2D eigenvalue weighted by Crippen LogP contribution is 2.27. The summed E-state index contributed by atoms with van der Waals surface area (Å²) in [7, 11) is 0. The second-order valence-electron chi connectivity index (χ2n) is 7.99. The van der Waals surface area contributed by atoms with E-state index >= 15 is 0 Å². The number of hydrogen-bond acceptors (Lipinski definition) is 9. The fourth-order valence-electron chi connectivity index (χ4n) is 3.67. The lowest BCUT2D eigenvalue weighted by atomic mass is 9.98. The third-order valence-corrected chi connectivity index (χ3v) is 5.53. The summed E-state index contributed by atoms with van der Waals surface area (Å²) in [4.78, 5) is 38.0. The quantitative estimate of drug-likeness (QED) is 0.377. The zero-order valence-electron chi connectivity index (χ0n) is 19.0. The molecule has 0 bridgehead atoms. The highest BCUT2D eigenvalue weighted by molar-refractivity contribution is 5.90. The van der Waals surface area contributed by atoms with Crippen molar-refractivity contribution in [3.8, 4) is 0 Å². The second kappa shape index (κ2) is 11.6. The van der Waals surface area contributed by atoms with E-state index in [4.69, 9.17) is 18.9 Å². The van der Waals surface area contributed by atoms with E-state index in [1.54, 1.807) is 66.7 Å². The lowest BCUT2D eigenvalue weighted by Gasteiger charge is -2.41. The van der Waals surface area contributed by atoms with Crippen molar-refractivity contribution in [3.05, 3.63) is 108 Å². The number of rotatable bonds is 7. The largest absolute Gasteiger partial charge is 0.459 e. The van der Waals surface area contributed by atoms with Crippen molar-refractivity contribution < 1.29 is 43.5 Å². The number of aliphatic hydroxyl groups excluding tert-OH is 2. The molecule has 0 aliphatic carbocycles. The molecule has 1 heterocycles. The van der Waals surface area contributed by atoms with Crippen LogP contribution in [-0.2, 0) is 18.9 Å². The molecule has 1 saturated heterocycles. The van der Waals surface area contributed by atoms with Crippen LogP contribution in [0.4, 0.5) is 0 Å². The van der Waals surface area contributed by atoms with Crippen LogP contribution in [0.2, 0.25) is 0 Å². The zero-order chi connectivity index (χ0) is 25.5. The molecular formula is C27H24O9. The number of aliphatic hydroxyl groups is 2. The Kier molecular flexibility index (Phi) is 8.06. The molecule has 0 amide bonds. The van der Waals surface area contributed by atoms with Crippen LogP contribution < -0.4 is 0 Å². The van der Waals surface area contributed by atoms with Gasteiger partial charge in [-0.25, -0.2) is 14.4 Å². The monoisotopic (exact) mass is 492 g/mol. The minimum Gasteiger partial charge on any atom is -0.459 e. The van der Waals surface area contributed by atoms with Gasteiger partial charge >= 0.3 is 17.9 Å². The maximum absolute atomic E-state index is 12.8. The van der Waals surface area contributed by atoms with Crippen molar-refractivity contribution in [1.29, 1.82) is 0 Å². The average Bonchev–Trinajstić information content (AvgIpc) is 2.92. The molecule has 0 aromatic heterocycles. The Morgan fingerprint density at radius 1 is 0.639 bits per heavy atom. The first-order valence-electron chi connectivity index (χ1n) is 11.2. The van der Waals surface area contributed by atoms with Crippen LogP contribution in [0, 0.1) is 0 Å². The minimum absolute atomic E-state index is 0.186. The molecule has 1 aliphatic heterocycles. The molecule has 1 aliphatic rings. The Morgan fingerprint density at radius 2 is 1.06 bits per heavy atom. The van der Waals surface area contributed by atoms with Crippen LogP contribution in [0.25, 0.3) is 0 Å². The molecule has 0 spiro atoms. The molecule has 2 N–H and O–H groups in total. The van der Waals surface area contributed by atoms with Crippen molar-refractivity contribution in [2.45, 2.75) is 30.7 Å². The van der Waals surface area contributed by atoms with Crippen LogP contribution >= 0.6 is 0 Å². The highest BCUT2D eigenvalue weighted by Gasteiger charge is 2.50. The third kappa shape index (κ3) is 5.95. The molecule has 1 fully saturated rings. The van der Waals surface area contributed by atoms with Gasteiger partial charge in [0, 0.05) is 0 Å². The van der Waals surface area contributed by atoms with Crippen molar-refractivity contribution in [3.63, 3.8) is 0 Å². The van der Waals surface area contributed by atoms with Gasteiger partial charge in [0.1, 0.15) is 18.8 Å². The van der Waals surface area contributed by atoms with E-state index in [0.29, 0.717) is 0 Å². The fourth-order valence-corrected chi connectivity index (χ4v) is 3.67. The molecule has 3 aromatic rings. The van der Waals surface area contributed by atoms with E-state index < -0.39 is 55.2 Å². The molecule has 36 heavy (non-hydrogen) atoms. The molecule has 3 aromatic carbocycles. The maximum atomic E-state index is 12.8. The molecule has 4 rings (SSSR count). The van der Waals surface area contributed by atoms with E-state index in [0.717, 1.165) is 0 Å². The third-order valence-electron chi connectivity index (χ3n) is 5.53. The summed E-state index contributed by atoms with van der Waals surface area (Å²) in [6.45, 7) is -0.455. The van der Waals surface area contributed by atoms with E-state index in [1.165, 1.54) is 24.3 Å². The Balaban J connectivity index is 1.57. The van der Waals surface area contributed by atoms with Crippen molar-refractivity contribution in [2.24, 2.45) is 0 Å². The first-order chi connectivity index (χ1) is 17.4. The average molecular weight is 492 g/mol. The van der Waals surface area contributed by atoms with Gasteiger partial charge in [-0.2, -0.15) is 0 Å². The SMILES string of the molecule is O=C(OC[C@H]1O[C@@H](O)[C@H](O)[C@@H](OC(=O)c2ccccc2)[C@@H]1OC(=O)c1ccccc1)c1ccccc1. The van der Waals surface area contributed by atoms with Crippen LogP contribution in [-0.4, -0.2) is 65.4 Å². The van der Waals surface area contributed by atoms with Crippen molar-refractivity contribution >= 4 is 17.9 Å². The Hall–Kier alpha value is -4.05. The maximum Gasteiger partial charge on any atom is 0.338 e. The van der Waals surface area contributed by atoms with Gasteiger partial charge < -0.3 is 29.2 Å². The van der Waals surface area contributed by atoms with Crippen molar-refractivity contribution in [1.82, 2.24) is 0 Å². The first kappa shape index (κ1) is 25.1. The molecule has 0 radical (unpaired) electrons. The summed E-state index contributed by atoms with van der Waals surface area (Å²) >= 11 is 0. The van der Waals surface area contributed by atoms with Crippen LogP contribution in [0.15, 0.2) is 91.0 Å². The number of ether oxygens (including phenoxy) is 4. The second-order valence-corrected chi connectivity index (χ2v) is 7.99. The molecule has 9 nitrogen and oxygen atoms in total. The number of hydrogen-bond donors (Lipinski definition) is 2. The van der Waals surface area contributed by atoms with Gasteiger partial charge in [0.25, 0.3) is 0 Å². The molecule has 5 atom stereocenters. The predicted molar refractivity (Wildman–Crippen MR) is 125 cm³/mol. The zero-order valence-corrected chi connectivity index (χ0v) is 19.0. The summed E-state index contributed by atoms with van der Waals surface area (Å²) in [5.74, 6) is -2.27. The van der Waals surface area contributed by atoms with Crippen LogP contribution in [0.1, 0.15) is 31.1 Å². The summed E-state index contributed by atoms with van der Waals surface area (Å²) in [5.41, 5.74) is 0.663. The normalized spacial score (nSPS) is 23.3. The van der Waals surface area contributed by atoms with Gasteiger partial charge in [-0.3, -0.25) is 0 Å². The fraction of sp³-hybridized carbons (Fsp3) is 0.222. The number of benzene rings is 3. The Morgan fingerprint density at radius 3 is 1.53 bits per heavy atom. The van der Waals surface area contributed by atoms with E-state index in [9.17, 15) is 24.6 Å². The minimum atomic E-state index is -1.80. The smallest absolute Gasteiger partial charge is 0.338 e. The predicted octanol–water partition coefficient (Wildman–Crippen LogP) is 2.37. The molecule has 0 saturated carbocycles. The summed E-state index contributed by atoms with van der Waals surface area (Å²) < 4.78 is 21.8.